The van der Waals surface area contributed by atoms with Crippen LogP contribution in [0.1, 0.15) is 19.7 Å². The van der Waals surface area contributed by atoms with Gasteiger partial charge in [-0.1, -0.05) is 54.9 Å². The normalized spacial score (nSPS) is 11.3. The van der Waals surface area contributed by atoms with Gasteiger partial charge in [-0.2, -0.15) is 0 Å². The van der Waals surface area contributed by atoms with E-state index in [0.29, 0.717) is 28.1 Å². The lowest BCUT2D eigenvalue weighted by atomic mass is 10.2. The van der Waals surface area contributed by atoms with Gasteiger partial charge in [-0.05, 0) is 25.0 Å². The van der Waals surface area contributed by atoms with Gasteiger partial charge in [-0.25, -0.2) is 14.8 Å². The minimum absolute atomic E-state index is 0.0269. The lowest BCUT2D eigenvalue weighted by molar-refractivity contribution is -0.113. The molecule has 0 bridgehead atoms. The van der Waals surface area contributed by atoms with Gasteiger partial charge in [0.15, 0.2) is 5.65 Å². The van der Waals surface area contributed by atoms with Crippen molar-refractivity contribution in [1.82, 2.24) is 19.1 Å². The van der Waals surface area contributed by atoms with E-state index in [1.807, 2.05) is 13.8 Å². The maximum Gasteiger partial charge on any atom is 0.332 e. The molecule has 0 spiro atoms. The van der Waals surface area contributed by atoms with E-state index in [1.165, 1.54) is 11.6 Å². The monoisotopic (exact) mass is 481 g/mol. The van der Waals surface area contributed by atoms with Crippen LogP contribution in [0.15, 0.2) is 32.8 Å². The molecular formula is C20H21Cl2N5O3S. The number of aromatic nitrogens is 4. The topological polar surface area (TPSA) is 98.9 Å². The minimum atomic E-state index is -0.499. The lowest BCUT2D eigenvalue weighted by Gasteiger charge is -2.15. The number of nitrogens with zero attached hydrogens (tertiary/aromatic N) is 4. The van der Waals surface area contributed by atoms with Crippen LogP contribution in [0.4, 0.5) is 5.69 Å². The number of amides is 1. The van der Waals surface area contributed by atoms with Crippen molar-refractivity contribution in [2.24, 2.45) is 13.0 Å². The first-order valence-corrected chi connectivity index (χ1v) is 11.2. The summed E-state index contributed by atoms with van der Waals surface area (Å²) >= 11 is 13.2. The summed E-state index contributed by atoms with van der Waals surface area (Å²) in [6, 6.07) is 4.94. The third kappa shape index (κ3) is 4.94. The van der Waals surface area contributed by atoms with Crippen molar-refractivity contribution in [3.8, 4) is 0 Å². The number of thioether (sulfide) groups is 1. The fraction of sp³-hybridized carbons (Fsp3) is 0.350. The van der Waals surface area contributed by atoms with E-state index >= 15 is 0 Å². The highest BCUT2D eigenvalue weighted by Gasteiger charge is 2.19. The van der Waals surface area contributed by atoms with E-state index in [0.717, 1.165) is 16.3 Å². The average molecular weight is 482 g/mol. The zero-order valence-electron chi connectivity index (χ0n) is 17.4. The summed E-state index contributed by atoms with van der Waals surface area (Å²) in [5, 5.41) is 3.83. The summed E-state index contributed by atoms with van der Waals surface area (Å²) in [4.78, 5) is 46.7. The Hall–Kier alpha value is -2.36. The van der Waals surface area contributed by atoms with Gasteiger partial charge in [0.25, 0.3) is 5.56 Å². The third-order valence-electron chi connectivity index (χ3n) is 4.37. The van der Waals surface area contributed by atoms with Crippen LogP contribution in [0.2, 0.25) is 10.0 Å². The number of halogens is 2. The molecule has 2 heterocycles. The van der Waals surface area contributed by atoms with Crippen molar-refractivity contribution in [2.75, 3.05) is 11.1 Å². The summed E-state index contributed by atoms with van der Waals surface area (Å²) in [7, 11) is 1.42. The predicted molar refractivity (Wildman–Crippen MR) is 124 cm³/mol. The van der Waals surface area contributed by atoms with Crippen LogP contribution in [-0.2, 0) is 18.4 Å². The molecule has 0 aliphatic rings. The summed E-state index contributed by atoms with van der Waals surface area (Å²) in [6.07, 6.45) is 0. The van der Waals surface area contributed by atoms with Crippen LogP contribution < -0.4 is 16.6 Å². The van der Waals surface area contributed by atoms with Crippen LogP contribution in [0.3, 0.4) is 0 Å². The van der Waals surface area contributed by atoms with Gasteiger partial charge in [-0.15, -0.1) is 0 Å². The Labute approximate surface area is 192 Å². The zero-order valence-corrected chi connectivity index (χ0v) is 19.7. The van der Waals surface area contributed by atoms with Crippen molar-refractivity contribution in [3.63, 3.8) is 0 Å². The molecule has 11 heteroatoms. The summed E-state index contributed by atoms with van der Waals surface area (Å²) < 4.78 is 2.52. The highest BCUT2D eigenvalue weighted by molar-refractivity contribution is 8.00. The molecule has 0 saturated heterocycles. The number of hydrogen-bond donors (Lipinski definition) is 1. The SMILES string of the molecule is Cc1nc(SCC(=O)Nc2cccc(Cl)c2Cl)c2c(=O)n(C)c(=O)n(CC(C)C)c2n1. The van der Waals surface area contributed by atoms with E-state index in [9.17, 15) is 14.4 Å². The molecule has 0 aliphatic heterocycles. The molecule has 8 nitrogen and oxygen atoms in total. The molecule has 164 valence electrons. The van der Waals surface area contributed by atoms with Crippen LogP contribution >= 0.6 is 35.0 Å². The third-order valence-corrected chi connectivity index (χ3v) is 6.17. The average Bonchev–Trinajstić information content (AvgIpc) is 2.70. The molecule has 1 N–H and O–H groups in total. The molecule has 0 aliphatic carbocycles. The molecule has 0 radical (unpaired) electrons. The van der Waals surface area contributed by atoms with Crippen molar-refractivity contribution < 1.29 is 4.79 Å². The number of benzene rings is 1. The molecule has 0 unspecified atom stereocenters. The van der Waals surface area contributed by atoms with Crippen molar-refractivity contribution in [2.45, 2.75) is 32.3 Å². The number of carbonyl (C=O) groups excluding carboxylic acids is 1. The quantitative estimate of drug-likeness (QED) is 0.427. The largest absolute Gasteiger partial charge is 0.332 e. The first-order valence-electron chi connectivity index (χ1n) is 9.45. The Morgan fingerprint density at radius 1 is 1.23 bits per heavy atom. The number of rotatable bonds is 6. The second-order valence-electron chi connectivity index (χ2n) is 7.36. The molecule has 0 fully saturated rings. The fourth-order valence-corrected chi connectivity index (χ4v) is 4.20. The van der Waals surface area contributed by atoms with Crippen LogP contribution in [0.5, 0.6) is 0 Å². The van der Waals surface area contributed by atoms with E-state index < -0.39 is 11.2 Å². The first-order chi connectivity index (χ1) is 14.6. The van der Waals surface area contributed by atoms with Crippen molar-refractivity contribution >= 4 is 57.6 Å². The molecule has 3 aromatic rings. The van der Waals surface area contributed by atoms with Crippen molar-refractivity contribution in [1.29, 1.82) is 0 Å². The van der Waals surface area contributed by atoms with Crippen LogP contribution in [-0.4, -0.2) is 30.8 Å². The predicted octanol–water partition coefficient (Wildman–Crippen LogP) is 3.49. The van der Waals surface area contributed by atoms with Gasteiger partial charge >= 0.3 is 5.69 Å². The highest BCUT2D eigenvalue weighted by Crippen LogP contribution is 2.30. The van der Waals surface area contributed by atoms with E-state index in [1.54, 1.807) is 25.1 Å². The van der Waals surface area contributed by atoms with E-state index in [-0.39, 0.29) is 33.6 Å². The molecule has 0 atom stereocenters. The summed E-state index contributed by atoms with van der Waals surface area (Å²) in [5.41, 5.74) is -0.269. The smallest absolute Gasteiger partial charge is 0.324 e. The number of anilines is 1. The lowest BCUT2D eigenvalue weighted by Crippen LogP contribution is -2.39. The van der Waals surface area contributed by atoms with Gasteiger partial charge in [0.05, 0.1) is 21.5 Å². The Morgan fingerprint density at radius 3 is 2.61 bits per heavy atom. The molecule has 31 heavy (non-hydrogen) atoms. The van der Waals surface area contributed by atoms with Gasteiger partial charge < -0.3 is 5.32 Å². The Balaban J connectivity index is 1.98. The number of fused-ring (bicyclic) bond motifs is 1. The van der Waals surface area contributed by atoms with Crippen molar-refractivity contribution in [3.05, 3.63) is 54.9 Å². The fourth-order valence-electron chi connectivity index (χ4n) is 3.00. The van der Waals surface area contributed by atoms with Crippen LogP contribution in [0.25, 0.3) is 11.0 Å². The second kappa shape index (κ2) is 9.42. The Morgan fingerprint density at radius 2 is 1.94 bits per heavy atom. The van der Waals surface area contributed by atoms with Gasteiger partial charge in [0, 0.05) is 13.6 Å². The molecule has 1 amide bonds. The van der Waals surface area contributed by atoms with Gasteiger partial charge in [0.2, 0.25) is 5.91 Å². The molecule has 2 aromatic heterocycles. The van der Waals surface area contributed by atoms with Crippen LogP contribution in [0, 0.1) is 12.8 Å². The molecular weight excluding hydrogens is 461 g/mol. The highest BCUT2D eigenvalue weighted by atomic mass is 35.5. The summed E-state index contributed by atoms with van der Waals surface area (Å²) in [5.74, 6) is 0.197. The zero-order chi connectivity index (χ0) is 22.9. The van der Waals surface area contributed by atoms with Gasteiger partial charge in [0.1, 0.15) is 16.2 Å². The second-order valence-corrected chi connectivity index (χ2v) is 9.11. The van der Waals surface area contributed by atoms with E-state index in [2.05, 4.69) is 15.3 Å². The molecule has 0 saturated carbocycles. The maximum absolute atomic E-state index is 12.9. The molecule has 3 rings (SSSR count). The standard InChI is InChI=1S/C20H21Cl2N5O3S/c1-10(2)8-27-17-15(19(29)26(4)20(27)30)18(24-11(3)23-17)31-9-14(28)25-13-7-5-6-12(21)16(13)22/h5-7,10H,8-9H2,1-4H3,(H,25,28). The number of aryl methyl sites for hydroxylation is 1. The number of nitrogens with one attached hydrogen (secondary N) is 1. The Kier molecular flexibility index (Phi) is 7.08. The number of carbonyl (C=O) groups is 1. The summed E-state index contributed by atoms with van der Waals surface area (Å²) in [6.45, 7) is 6.02. The van der Waals surface area contributed by atoms with E-state index in [4.69, 9.17) is 23.2 Å². The molecule has 1 aromatic carbocycles. The first kappa shape index (κ1) is 23.3. The Bertz CT molecular complexity index is 1290. The number of hydrogen-bond acceptors (Lipinski definition) is 6. The minimum Gasteiger partial charge on any atom is -0.324 e. The maximum atomic E-state index is 12.9. The van der Waals surface area contributed by atoms with Gasteiger partial charge in [-0.3, -0.25) is 18.7 Å².